The lowest BCUT2D eigenvalue weighted by molar-refractivity contribution is -0.126. The molecule has 0 spiro atoms. The van der Waals surface area contributed by atoms with E-state index < -0.39 is 25.4 Å². The lowest BCUT2D eigenvalue weighted by Gasteiger charge is -2.23. The molecule has 0 aliphatic carbocycles. The van der Waals surface area contributed by atoms with Gasteiger partial charge >= 0.3 is 6.18 Å². The lowest BCUT2D eigenvalue weighted by Crippen LogP contribution is -2.34. The molecule has 0 saturated carbocycles. The quantitative estimate of drug-likeness (QED) is 0.805. The van der Waals surface area contributed by atoms with Gasteiger partial charge in [-0.05, 0) is 0 Å². The van der Waals surface area contributed by atoms with E-state index in [1.165, 1.54) is 33.5 Å². The average molecular weight is 309 g/mol. The number of ether oxygens (including phenoxy) is 3. The summed E-state index contributed by atoms with van der Waals surface area (Å²) in [5.41, 5.74) is 0.299. The molecule has 0 radical (unpaired) electrons. The zero-order chi connectivity index (χ0) is 16.0. The van der Waals surface area contributed by atoms with Crippen LogP contribution in [0.4, 0.5) is 13.2 Å². The van der Waals surface area contributed by atoms with Gasteiger partial charge in [-0.25, -0.2) is 0 Å². The number of aliphatic hydroxyl groups excluding tert-OH is 1. The summed E-state index contributed by atoms with van der Waals surface area (Å²) in [5.74, 6) is 0.958. The van der Waals surface area contributed by atoms with E-state index in [1.54, 1.807) is 0 Å². The Morgan fingerprint density at radius 3 is 1.95 bits per heavy atom. The highest BCUT2D eigenvalue weighted by Crippen LogP contribution is 2.38. The van der Waals surface area contributed by atoms with Crippen molar-refractivity contribution in [3.8, 4) is 17.2 Å². The highest BCUT2D eigenvalue weighted by atomic mass is 19.4. The Hall–Kier alpha value is -1.67. The molecule has 1 aromatic carbocycles. The molecule has 0 aliphatic rings. The van der Waals surface area contributed by atoms with Crippen LogP contribution in [0.3, 0.4) is 0 Å². The number of nitrogens with one attached hydrogen (secondary N) is 1. The molecule has 0 fully saturated rings. The van der Waals surface area contributed by atoms with Gasteiger partial charge in [-0.15, -0.1) is 0 Å². The first-order valence-corrected chi connectivity index (χ1v) is 6.07. The van der Waals surface area contributed by atoms with Crippen LogP contribution in [0.5, 0.6) is 17.2 Å². The molecule has 0 bridgehead atoms. The van der Waals surface area contributed by atoms with Crippen LogP contribution in [0.15, 0.2) is 12.1 Å². The topological polar surface area (TPSA) is 60.0 Å². The first-order chi connectivity index (χ1) is 9.86. The number of hydrogen-bond acceptors (Lipinski definition) is 5. The van der Waals surface area contributed by atoms with Crippen molar-refractivity contribution in [2.24, 2.45) is 0 Å². The number of rotatable bonds is 7. The van der Waals surface area contributed by atoms with Gasteiger partial charge in [0, 0.05) is 12.1 Å². The molecule has 0 amide bonds. The maximum atomic E-state index is 12.3. The third-order valence-electron chi connectivity index (χ3n) is 2.83. The smallest absolute Gasteiger partial charge is 0.401 e. The lowest BCUT2D eigenvalue weighted by atomic mass is 10.0. The van der Waals surface area contributed by atoms with E-state index in [4.69, 9.17) is 14.2 Å². The number of alkyl halides is 3. The summed E-state index contributed by atoms with van der Waals surface area (Å²) in [6.07, 6.45) is -4.39. The monoisotopic (exact) mass is 309 g/mol. The Morgan fingerprint density at radius 1 is 1.10 bits per heavy atom. The predicted molar refractivity (Wildman–Crippen MR) is 70.0 cm³/mol. The molecule has 2 N–H and O–H groups in total. The van der Waals surface area contributed by atoms with Gasteiger partial charge in [0.05, 0.1) is 46.1 Å². The van der Waals surface area contributed by atoms with Crippen LogP contribution in [0.1, 0.15) is 11.6 Å². The summed E-state index contributed by atoms with van der Waals surface area (Å²) in [4.78, 5) is 0. The largest absolute Gasteiger partial charge is 0.496 e. The molecule has 0 aromatic heterocycles. The van der Waals surface area contributed by atoms with Crippen LogP contribution in [0.2, 0.25) is 0 Å². The standard InChI is InChI=1S/C13H18F3NO4/c1-19-8-4-10(20-2)12(11(5-8)21-3)9(6-18)17-7-13(14,15)16/h4-5,9,17-18H,6-7H2,1-3H3. The summed E-state index contributed by atoms with van der Waals surface area (Å²) in [7, 11) is 4.19. The fraction of sp³-hybridized carbons (Fsp3) is 0.538. The summed E-state index contributed by atoms with van der Waals surface area (Å²) >= 11 is 0. The van der Waals surface area contributed by atoms with E-state index in [-0.39, 0.29) is 11.5 Å². The summed E-state index contributed by atoms with van der Waals surface area (Å²) in [6, 6.07) is 2.04. The molecule has 0 aliphatic heterocycles. The number of methoxy groups -OCH3 is 3. The fourth-order valence-electron chi connectivity index (χ4n) is 1.87. The molecule has 1 aromatic rings. The van der Waals surface area contributed by atoms with E-state index in [1.807, 2.05) is 0 Å². The van der Waals surface area contributed by atoms with E-state index in [2.05, 4.69) is 5.32 Å². The Balaban J connectivity index is 3.17. The van der Waals surface area contributed by atoms with Gasteiger partial charge < -0.3 is 19.3 Å². The normalized spacial score (nSPS) is 12.9. The Kier molecular flexibility index (Phi) is 6.10. The van der Waals surface area contributed by atoms with Crippen LogP contribution in [0.25, 0.3) is 0 Å². The minimum atomic E-state index is -4.39. The van der Waals surface area contributed by atoms with Gasteiger partial charge in [-0.2, -0.15) is 13.2 Å². The van der Waals surface area contributed by atoms with E-state index in [9.17, 15) is 18.3 Å². The first-order valence-electron chi connectivity index (χ1n) is 6.07. The first kappa shape index (κ1) is 17.4. The van der Waals surface area contributed by atoms with E-state index in [0.29, 0.717) is 11.3 Å². The van der Waals surface area contributed by atoms with Gasteiger partial charge in [0.2, 0.25) is 0 Å². The summed E-state index contributed by atoms with van der Waals surface area (Å²) in [6.45, 7) is -1.79. The number of hydrogen-bond donors (Lipinski definition) is 2. The van der Waals surface area contributed by atoms with Crippen LogP contribution in [-0.4, -0.2) is 45.8 Å². The maximum absolute atomic E-state index is 12.3. The van der Waals surface area contributed by atoms with Gasteiger partial charge in [0.25, 0.3) is 0 Å². The molecule has 21 heavy (non-hydrogen) atoms. The number of aliphatic hydroxyl groups is 1. The van der Waals surface area contributed by atoms with Crippen LogP contribution in [0, 0.1) is 0 Å². The Bertz CT molecular complexity index is 440. The second kappa shape index (κ2) is 7.37. The molecular weight excluding hydrogens is 291 g/mol. The molecule has 120 valence electrons. The number of benzene rings is 1. The highest BCUT2D eigenvalue weighted by Gasteiger charge is 2.30. The number of halogens is 3. The van der Waals surface area contributed by atoms with E-state index >= 15 is 0 Å². The third-order valence-corrected chi connectivity index (χ3v) is 2.83. The highest BCUT2D eigenvalue weighted by molar-refractivity contribution is 5.52. The average Bonchev–Trinajstić information content (AvgIpc) is 2.46. The van der Waals surface area contributed by atoms with Crippen molar-refractivity contribution in [2.45, 2.75) is 12.2 Å². The molecule has 5 nitrogen and oxygen atoms in total. The summed E-state index contributed by atoms with van der Waals surface area (Å²) < 4.78 is 52.3. The minimum absolute atomic E-state index is 0.264. The minimum Gasteiger partial charge on any atom is -0.496 e. The second-order valence-electron chi connectivity index (χ2n) is 4.18. The molecule has 0 saturated heterocycles. The van der Waals surface area contributed by atoms with Crippen molar-refractivity contribution < 1.29 is 32.5 Å². The zero-order valence-electron chi connectivity index (χ0n) is 12.0. The fourth-order valence-corrected chi connectivity index (χ4v) is 1.87. The Labute approximate surface area is 120 Å². The van der Waals surface area contributed by atoms with Crippen molar-refractivity contribution in [2.75, 3.05) is 34.5 Å². The molecule has 0 heterocycles. The van der Waals surface area contributed by atoms with Gasteiger partial charge in [-0.3, -0.25) is 5.32 Å². The molecule has 8 heteroatoms. The predicted octanol–water partition coefficient (Wildman–Crippen LogP) is 1.90. The van der Waals surface area contributed by atoms with Crippen LogP contribution >= 0.6 is 0 Å². The van der Waals surface area contributed by atoms with Crippen molar-refractivity contribution >= 4 is 0 Å². The van der Waals surface area contributed by atoms with Crippen molar-refractivity contribution in [1.29, 1.82) is 0 Å². The van der Waals surface area contributed by atoms with Gasteiger partial charge in [0.1, 0.15) is 17.2 Å². The van der Waals surface area contributed by atoms with Crippen LogP contribution < -0.4 is 19.5 Å². The maximum Gasteiger partial charge on any atom is 0.401 e. The van der Waals surface area contributed by atoms with Gasteiger partial charge in [0.15, 0.2) is 0 Å². The summed E-state index contributed by atoms with van der Waals surface area (Å²) in [5, 5.41) is 11.6. The SMILES string of the molecule is COc1cc(OC)c(C(CO)NCC(F)(F)F)c(OC)c1. The molecule has 1 unspecified atom stereocenters. The Morgan fingerprint density at radius 2 is 1.62 bits per heavy atom. The van der Waals surface area contributed by atoms with E-state index in [0.717, 1.165) is 0 Å². The second-order valence-corrected chi connectivity index (χ2v) is 4.18. The molecule has 1 rings (SSSR count). The molecule has 1 atom stereocenters. The van der Waals surface area contributed by atoms with Crippen molar-refractivity contribution in [3.63, 3.8) is 0 Å². The van der Waals surface area contributed by atoms with Crippen molar-refractivity contribution in [3.05, 3.63) is 17.7 Å². The van der Waals surface area contributed by atoms with Crippen LogP contribution in [-0.2, 0) is 0 Å². The van der Waals surface area contributed by atoms with Crippen molar-refractivity contribution in [1.82, 2.24) is 5.32 Å². The van der Waals surface area contributed by atoms with Gasteiger partial charge in [-0.1, -0.05) is 0 Å². The zero-order valence-corrected chi connectivity index (χ0v) is 12.0. The third kappa shape index (κ3) is 4.68. The molecular formula is C13H18F3NO4.